The molecule has 2 N–H and O–H groups in total. The number of allylic oxidation sites excluding steroid dienone is 1. The molecule has 2 aliphatic carbocycles. The first-order valence-corrected chi connectivity index (χ1v) is 9.91. The summed E-state index contributed by atoms with van der Waals surface area (Å²) >= 11 is 0. The number of benzene rings is 1. The highest BCUT2D eigenvalue weighted by Crippen LogP contribution is 2.66. The molecule has 1 fully saturated rings. The smallest absolute Gasteiger partial charge is 0.338 e. The first-order valence-electron chi connectivity index (χ1n) is 9.91. The molecule has 0 bridgehead atoms. The molecule has 1 aromatic carbocycles. The number of aromatic hydroxyl groups is 1. The van der Waals surface area contributed by atoms with E-state index in [4.69, 9.17) is 4.74 Å². The summed E-state index contributed by atoms with van der Waals surface area (Å²) in [4.78, 5) is 12.9. The van der Waals surface area contributed by atoms with Crippen molar-refractivity contribution in [3.8, 4) is 5.75 Å². The van der Waals surface area contributed by atoms with Gasteiger partial charge in [0, 0.05) is 11.8 Å². The Balaban J connectivity index is 2.01. The molecule has 0 unspecified atom stereocenters. The van der Waals surface area contributed by atoms with Crippen molar-refractivity contribution in [3.63, 3.8) is 0 Å². The van der Waals surface area contributed by atoms with Crippen molar-refractivity contribution >= 4 is 5.97 Å². The fraction of sp³-hybridized carbons (Fsp3) is 0.609. The lowest BCUT2D eigenvalue weighted by atomic mass is 9.56. The summed E-state index contributed by atoms with van der Waals surface area (Å²) in [6, 6.07) is 6.12. The predicted octanol–water partition coefficient (Wildman–Crippen LogP) is 4.85. The molecule has 148 valence electrons. The number of ether oxygens (including phenoxy) is 1. The van der Waals surface area contributed by atoms with Crippen LogP contribution in [0.5, 0.6) is 5.75 Å². The Bertz CT molecular complexity index is 750. The lowest BCUT2D eigenvalue weighted by Crippen LogP contribution is -2.59. The van der Waals surface area contributed by atoms with E-state index in [0.29, 0.717) is 12.0 Å². The van der Waals surface area contributed by atoms with E-state index in [1.165, 1.54) is 17.7 Å². The lowest BCUT2D eigenvalue weighted by Gasteiger charge is -2.53. The van der Waals surface area contributed by atoms with Crippen molar-refractivity contribution in [1.29, 1.82) is 0 Å². The van der Waals surface area contributed by atoms with Gasteiger partial charge in [-0.05, 0) is 61.8 Å². The van der Waals surface area contributed by atoms with Crippen LogP contribution >= 0.6 is 0 Å². The van der Waals surface area contributed by atoms with Crippen molar-refractivity contribution in [2.24, 2.45) is 16.7 Å². The maximum atomic E-state index is 12.9. The number of rotatable bonds is 3. The minimum absolute atomic E-state index is 0.0672. The van der Waals surface area contributed by atoms with E-state index in [1.807, 2.05) is 0 Å². The van der Waals surface area contributed by atoms with Crippen molar-refractivity contribution in [2.75, 3.05) is 0 Å². The molecule has 4 heteroatoms. The molecule has 27 heavy (non-hydrogen) atoms. The van der Waals surface area contributed by atoms with Gasteiger partial charge in [0.05, 0.1) is 11.2 Å². The Morgan fingerprint density at radius 3 is 2.41 bits per heavy atom. The van der Waals surface area contributed by atoms with Gasteiger partial charge >= 0.3 is 5.97 Å². The van der Waals surface area contributed by atoms with Gasteiger partial charge in [0.1, 0.15) is 11.9 Å². The van der Waals surface area contributed by atoms with E-state index < -0.39 is 23.1 Å². The van der Waals surface area contributed by atoms with Crippen LogP contribution in [0.2, 0.25) is 0 Å². The van der Waals surface area contributed by atoms with E-state index in [0.717, 1.165) is 19.3 Å². The highest BCUT2D eigenvalue weighted by molar-refractivity contribution is 5.89. The molecule has 2 aliphatic rings. The summed E-state index contributed by atoms with van der Waals surface area (Å²) in [5.74, 6) is -0.224. The number of hydrogen-bond donors (Lipinski definition) is 2. The molecule has 0 aromatic heterocycles. The first kappa shape index (κ1) is 19.9. The van der Waals surface area contributed by atoms with E-state index in [9.17, 15) is 15.0 Å². The van der Waals surface area contributed by atoms with Crippen LogP contribution in [0.4, 0.5) is 0 Å². The van der Waals surface area contributed by atoms with Gasteiger partial charge in [-0.25, -0.2) is 4.79 Å². The average Bonchev–Trinajstić information content (AvgIpc) is 2.77. The Kier molecular flexibility index (Phi) is 4.92. The maximum absolute atomic E-state index is 12.9. The minimum atomic E-state index is -0.889. The molecule has 4 nitrogen and oxygen atoms in total. The number of esters is 1. The zero-order chi connectivity index (χ0) is 20.0. The van der Waals surface area contributed by atoms with Crippen LogP contribution in [0.1, 0.15) is 70.7 Å². The third-order valence-electron chi connectivity index (χ3n) is 7.57. The van der Waals surface area contributed by atoms with Crippen LogP contribution in [-0.4, -0.2) is 27.9 Å². The van der Waals surface area contributed by atoms with E-state index in [2.05, 4.69) is 40.7 Å². The molecule has 0 radical (unpaired) electrons. The first-order chi connectivity index (χ1) is 12.5. The van der Waals surface area contributed by atoms with Crippen LogP contribution in [0.25, 0.3) is 0 Å². The molecular weight excluding hydrogens is 340 g/mol. The fourth-order valence-electron chi connectivity index (χ4n) is 5.31. The molecule has 0 aliphatic heterocycles. The van der Waals surface area contributed by atoms with Crippen molar-refractivity contribution in [1.82, 2.24) is 0 Å². The second-order valence-corrected chi connectivity index (χ2v) is 9.24. The number of fused-ring (bicyclic) bond motifs is 1. The monoisotopic (exact) mass is 372 g/mol. The number of phenolic OH excluding ortho intramolecular Hbond substituents is 1. The molecule has 3 rings (SSSR count). The molecule has 1 saturated carbocycles. The average molecular weight is 373 g/mol. The summed E-state index contributed by atoms with van der Waals surface area (Å²) in [6.45, 7) is 10.5. The number of aliphatic hydroxyl groups is 1. The van der Waals surface area contributed by atoms with Gasteiger partial charge in [0.25, 0.3) is 0 Å². The van der Waals surface area contributed by atoms with Gasteiger partial charge in [0.2, 0.25) is 0 Å². The Hall–Kier alpha value is -1.81. The van der Waals surface area contributed by atoms with E-state index in [1.54, 1.807) is 12.1 Å². The van der Waals surface area contributed by atoms with Crippen LogP contribution in [0, 0.1) is 16.7 Å². The second-order valence-electron chi connectivity index (χ2n) is 9.24. The van der Waals surface area contributed by atoms with Gasteiger partial charge < -0.3 is 14.9 Å². The fourth-order valence-corrected chi connectivity index (χ4v) is 5.31. The summed E-state index contributed by atoms with van der Waals surface area (Å²) in [5.41, 5.74) is 0.0373. The largest absolute Gasteiger partial charge is 0.508 e. The molecule has 4 atom stereocenters. The van der Waals surface area contributed by atoms with Gasteiger partial charge in [-0.3, -0.25) is 0 Å². The molecule has 1 aromatic rings. The van der Waals surface area contributed by atoms with Crippen molar-refractivity contribution < 1.29 is 19.7 Å². The van der Waals surface area contributed by atoms with Crippen LogP contribution < -0.4 is 0 Å². The topological polar surface area (TPSA) is 66.8 Å². The highest BCUT2D eigenvalue weighted by Gasteiger charge is 2.67. The van der Waals surface area contributed by atoms with Crippen LogP contribution in [0.3, 0.4) is 0 Å². The Morgan fingerprint density at radius 2 is 1.81 bits per heavy atom. The number of carbonyl (C=O) groups excluding carboxylic acids is 1. The molecule has 0 heterocycles. The number of carbonyl (C=O) groups is 1. The standard InChI is InChI=1S/C23H32O4/c1-15(2)23(26)13-12-21(4)11-10-16(3)14-19(22(21,23)5)27-20(25)17-6-8-18(24)9-7-17/h6-10,15,19,24,26H,11-14H2,1-5H3/t19-,21-,22+,23+/m0/s1. The zero-order valence-electron chi connectivity index (χ0n) is 17.1. The van der Waals surface area contributed by atoms with Crippen LogP contribution in [0.15, 0.2) is 35.9 Å². The van der Waals surface area contributed by atoms with Gasteiger partial charge in [-0.1, -0.05) is 39.3 Å². The molecule has 0 saturated heterocycles. The summed E-state index contributed by atoms with van der Waals surface area (Å²) in [5, 5.41) is 21.2. The SMILES string of the molecule is CC1=CC[C@@]2(C)CC[C@@](O)(C(C)C)[C@]2(C)[C@@H](OC(=O)c2ccc(O)cc2)C1. The quantitative estimate of drug-likeness (QED) is 0.588. The molecule has 0 spiro atoms. The van der Waals surface area contributed by atoms with Crippen molar-refractivity contribution in [2.45, 2.75) is 72.0 Å². The van der Waals surface area contributed by atoms with Gasteiger partial charge in [-0.2, -0.15) is 0 Å². The zero-order valence-corrected chi connectivity index (χ0v) is 17.1. The Morgan fingerprint density at radius 1 is 1.19 bits per heavy atom. The molecular formula is C23H32O4. The second kappa shape index (κ2) is 6.66. The normalized spacial score (nSPS) is 36.1. The summed E-state index contributed by atoms with van der Waals surface area (Å²) < 4.78 is 6.07. The number of hydrogen-bond acceptors (Lipinski definition) is 4. The predicted molar refractivity (Wildman–Crippen MR) is 106 cm³/mol. The van der Waals surface area contributed by atoms with Crippen molar-refractivity contribution in [3.05, 3.63) is 41.5 Å². The van der Waals surface area contributed by atoms with Gasteiger partial charge in [-0.15, -0.1) is 0 Å². The third kappa shape index (κ3) is 2.98. The van der Waals surface area contributed by atoms with Gasteiger partial charge in [0.15, 0.2) is 0 Å². The maximum Gasteiger partial charge on any atom is 0.338 e. The molecule has 0 amide bonds. The lowest BCUT2D eigenvalue weighted by molar-refractivity contribution is -0.176. The Labute approximate surface area is 162 Å². The summed E-state index contributed by atoms with van der Waals surface area (Å²) in [7, 11) is 0. The summed E-state index contributed by atoms with van der Waals surface area (Å²) in [6.07, 6.45) is 4.99. The van der Waals surface area contributed by atoms with E-state index >= 15 is 0 Å². The van der Waals surface area contributed by atoms with E-state index in [-0.39, 0.29) is 17.1 Å². The number of phenols is 1. The van der Waals surface area contributed by atoms with Crippen LogP contribution in [-0.2, 0) is 4.74 Å². The minimum Gasteiger partial charge on any atom is -0.508 e. The third-order valence-corrected chi connectivity index (χ3v) is 7.57. The highest BCUT2D eigenvalue weighted by atomic mass is 16.5.